The highest BCUT2D eigenvalue weighted by atomic mass is 35.5. The molecule has 5 rings (SSSR count). The average molecular weight is 556 g/mol. The van der Waals surface area contributed by atoms with Gasteiger partial charge in [-0.05, 0) is 61.0 Å². The van der Waals surface area contributed by atoms with Crippen LogP contribution in [0.3, 0.4) is 0 Å². The Hall–Kier alpha value is -3.99. The number of nitrogens with two attached hydrogens (primary N) is 1. The smallest absolute Gasteiger partial charge is 0.274 e. The first kappa shape index (κ1) is 24.7. The zero-order valence-corrected chi connectivity index (χ0v) is 21.4. The number of hydrogen-bond donors (Lipinski definition) is 2. The molecule has 13 heteroatoms. The van der Waals surface area contributed by atoms with Crippen LogP contribution in [0.5, 0.6) is 0 Å². The van der Waals surface area contributed by atoms with Crippen molar-refractivity contribution in [3.05, 3.63) is 92.3 Å². The monoisotopic (exact) mass is 554 g/mol. The maximum atomic E-state index is 13.5. The molecule has 0 fully saturated rings. The fourth-order valence-electron chi connectivity index (χ4n) is 3.85. The highest BCUT2D eigenvalue weighted by molar-refractivity contribution is 6.32. The Balaban J connectivity index is 1.58. The fourth-order valence-corrected chi connectivity index (χ4v) is 4.49. The second kappa shape index (κ2) is 9.81. The van der Waals surface area contributed by atoms with Gasteiger partial charge in [-0.2, -0.15) is 5.10 Å². The number of pyridine rings is 1. The van der Waals surface area contributed by atoms with E-state index < -0.39 is 11.8 Å². The number of rotatable bonds is 6. The lowest BCUT2D eigenvalue weighted by Crippen LogP contribution is -2.21. The van der Waals surface area contributed by atoms with E-state index in [1.807, 2.05) is 0 Å². The van der Waals surface area contributed by atoms with Gasteiger partial charge < -0.3 is 11.1 Å². The number of nitrogens with zero attached hydrogens (tertiary/aromatic N) is 6. The van der Waals surface area contributed by atoms with Gasteiger partial charge in [-0.15, -0.1) is 5.10 Å². The van der Waals surface area contributed by atoms with Gasteiger partial charge in [0.05, 0.1) is 34.0 Å². The lowest BCUT2D eigenvalue weighted by atomic mass is 10.1. The second-order valence-corrected chi connectivity index (χ2v) is 9.37. The number of fused-ring (bicyclic) bond motifs is 1. The number of amides is 2. The van der Waals surface area contributed by atoms with Gasteiger partial charge in [-0.3, -0.25) is 9.59 Å². The van der Waals surface area contributed by atoms with E-state index in [9.17, 15) is 9.59 Å². The Labute approximate surface area is 224 Å². The van der Waals surface area contributed by atoms with E-state index in [0.29, 0.717) is 32.3 Å². The van der Waals surface area contributed by atoms with Crippen LogP contribution in [0.2, 0.25) is 15.1 Å². The van der Waals surface area contributed by atoms with E-state index in [0.717, 1.165) is 0 Å². The van der Waals surface area contributed by atoms with Crippen molar-refractivity contribution in [2.24, 2.45) is 5.73 Å². The van der Waals surface area contributed by atoms with Crippen molar-refractivity contribution in [3.8, 4) is 5.82 Å². The molecular weight excluding hydrogens is 539 g/mol. The molecule has 0 radical (unpaired) electrons. The minimum Gasteiger partial charge on any atom is -0.366 e. The summed E-state index contributed by atoms with van der Waals surface area (Å²) in [7, 11) is 0. The van der Waals surface area contributed by atoms with Gasteiger partial charge in [0.1, 0.15) is 11.2 Å². The maximum Gasteiger partial charge on any atom is 0.274 e. The third-order valence-corrected chi connectivity index (χ3v) is 6.27. The summed E-state index contributed by atoms with van der Waals surface area (Å²) >= 11 is 18.6. The van der Waals surface area contributed by atoms with Crippen molar-refractivity contribution in [2.75, 3.05) is 5.32 Å². The molecule has 0 spiro atoms. The van der Waals surface area contributed by atoms with Crippen molar-refractivity contribution in [1.82, 2.24) is 29.8 Å². The van der Waals surface area contributed by atoms with Crippen LogP contribution in [-0.4, -0.2) is 41.6 Å². The van der Waals surface area contributed by atoms with Crippen LogP contribution >= 0.6 is 34.8 Å². The minimum absolute atomic E-state index is 0.0754. The summed E-state index contributed by atoms with van der Waals surface area (Å²) in [5, 5.41) is 16.8. The van der Waals surface area contributed by atoms with E-state index in [2.05, 4.69) is 25.7 Å². The molecule has 0 saturated heterocycles. The fraction of sp³-hybridized carbons (Fsp3) is 0.0833. The Bertz CT molecular complexity index is 1700. The topological polar surface area (TPSA) is 134 Å². The molecule has 0 saturated carbocycles. The van der Waals surface area contributed by atoms with Gasteiger partial charge in [0, 0.05) is 16.2 Å². The predicted molar refractivity (Wildman–Crippen MR) is 141 cm³/mol. The van der Waals surface area contributed by atoms with E-state index in [-0.39, 0.29) is 34.3 Å². The summed E-state index contributed by atoms with van der Waals surface area (Å²) in [6.07, 6.45) is 1.53. The maximum absolute atomic E-state index is 13.5. The molecule has 3 aromatic heterocycles. The van der Waals surface area contributed by atoms with Gasteiger partial charge in [0.25, 0.3) is 11.8 Å². The lowest BCUT2D eigenvalue weighted by molar-refractivity contribution is 0.100. The number of anilines is 1. The van der Waals surface area contributed by atoms with Gasteiger partial charge >= 0.3 is 0 Å². The molecule has 5 aromatic rings. The number of benzene rings is 2. The van der Waals surface area contributed by atoms with Crippen LogP contribution in [-0.2, 0) is 6.54 Å². The number of primary amides is 1. The standard InChI is InChI=1S/C24H17Cl3N8O2/c1-12-7-14(26)8-16(22(28)36)21(12)30-24(37)20-10-15(32-35(20)23-17(27)3-2-6-29-23)11-34-19-9-13(25)4-5-18(19)31-33-34/h2-10H,11H2,1H3,(H2,28,36)(H,30,37). The van der Waals surface area contributed by atoms with Gasteiger partial charge in [-0.25, -0.2) is 14.3 Å². The summed E-state index contributed by atoms with van der Waals surface area (Å²) in [6, 6.07) is 13.1. The third-order valence-electron chi connectivity index (χ3n) is 5.52. The van der Waals surface area contributed by atoms with E-state index in [1.165, 1.54) is 16.9 Å². The van der Waals surface area contributed by atoms with Crippen LogP contribution in [0.25, 0.3) is 16.9 Å². The average Bonchev–Trinajstić information content (AvgIpc) is 3.45. The quantitative estimate of drug-likeness (QED) is 0.312. The number of aryl methyl sites for hydroxylation is 1. The number of carbonyl (C=O) groups is 2. The molecule has 3 N–H and O–H groups in total. The Kier molecular flexibility index (Phi) is 6.55. The first-order valence-electron chi connectivity index (χ1n) is 10.8. The third kappa shape index (κ3) is 4.86. The SMILES string of the molecule is Cc1cc(Cl)cc(C(N)=O)c1NC(=O)c1cc(Cn2nnc3ccc(Cl)cc32)nn1-c1ncccc1Cl. The van der Waals surface area contributed by atoms with Crippen molar-refractivity contribution >= 4 is 63.3 Å². The van der Waals surface area contributed by atoms with Crippen LogP contribution < -0.4 is 11.1 Å². The van der Waals surface area contributed by atoms with Crippen molar-refractivity contribution in [1.29, 1.82) is 0 Å². The van der Waals surface area contributed by atoms with Crippen LogP contribution in [0.1, 0.15) is 32.1 Å². The Morgan fingerprint density at radius 3 is 2.62 bits per heavy atom. The molecule has 0 bridgehead atoms. The lowest BCUT2D eigenvalue weighted by Gasteiger charge is -2.13. The highest BCUT2D eigenvalue weighted by Gasteiger charge is 2.23. The van der Waals surface area contributed by atoms with E-state index in [4.69, 9.17) is 40.5 Å². The van der Waals surface area contributed by atoms with Crippen molar-refractivity contribution < 1.29 is 9.59 Å². The summed E-state index contributed by atoms with van der Waals surface area (Å²) in [4.78, 5) is 29.8. The molecule has 37 heavy (non-hydrogen) atoms. The second-order valence-electron chi connectivity index (χ2n) is 8.09. The Morgan fingerprint density at radius 2 is 1.86 bits per heavy atom. The summed E-state index contributed by atoms with van der Waals surface area (Å²) in [5.41, 5.74) is 8.34. The van der Waals surface area contributed by atoms with Crippen LogP contribution in [0, 0.1) is 6.92 Å². The highest BCUT2D eigenvalue weighted by Crippen LogP contribution is 2.27. The van der Waals surface area contributed by atoms with Crippen LogP contribution in [0.15, 0.2) is 54.7 Å². The van der Waals surface area contributed by atoms with Crippen molar-refractivity contribution in [2.45, 2.75) is 13.5 Å². The predicted octanol–water partition coefficient (Wildman–Crippen LogP) is 4.68. The largest absolute Gasteiger partial charge is 0.366 e. The Morgan fingerprint density at radius 1 is 1.05 bits per heavy atom. The molecule has 0 unspecified atom stereocenters. The number of aromatic nitrogens is 6. The van der Waals surface area contributed by atoms with Gasteiger partial charge in [0.2, 0.25) is 0 Å². The first-order chi connectivity index (χ1) is 17.7. The molecule has 0 aliphatic carbocycles. The number of hydrogen-bond acceptors (Lipinski definition) is 6. The molecule has 0 atom stereocenters. The molecule has 0 aliphatic rings. The molecule has 10 nitrogen and oxygen atoms in total. The number of carbonyl (C=O) groups excluding carboxylic acids is 2. The van der Waals surface area contributed by atoms with Gasteiger partial charge in [-0.1, -0.05) is 40.0 Å². The molecule has 3 heterocycles. The van der Waals surface area contributed by atoms with E-state index >= 15 is 0 Å². The number of halogens is 3. The summed E-state index contributed by atoms with van der Waals surface area (Å²) in [5.74, 6) is -1.06. The number of nitrogens with one attached hydrogen (secondary N) is 1. The zero-order chi connectivity index (χ0) is 26.3. The zero-order valence-electron chi connectivity index (χ0n) is 19.1. The van der Waals surface area contributed by atoms with Crippen LogP contribution in [0.4, 0.5) is 5.69 Å². The molecule has 2 aromatic carbocycles. The molecule has 186 valence electrons. The van der Waals surface area contributed by atoms with Gasteiger partial charge in [0.15, 0.2) is 5.82 Å². The van der Waals surface area contributed by atoms with E-state index in [1.54, 1.807) is 54.1 Å². The molecular formula is C24H17Cl3N8O2. The normalized spacial score (nSPS) is 11.1. The molecule has 0 aliphatic heterocycles. The first-order valence-corrected chi connectivity index (χ1v) is 11.9. The molecule has 2 amide bonds. The van der Waals surface area contributed by atoms with Crippen molar-refractivity contribution in [3.63, 3.8) is 0 Å². The summed E-state index contributed by atoms with van der Waals surface area (Å²) < 4.78 is 2.94. The minimum atomic E-state index is -0.736. The summed E-state index contributed by atoms with van der Waals surface area (Å²) in [6.45, 7) is 1.88.